The molecular weight excluding hydrogens is 524 g/mol. The smallest absolute Gasteiger partial charge is 0.214 e. The van der Waals surface area contributed by atoms with Crippen LogP contribution in [-0.2, 0) is 30.7 Å². The molecule has 7 rings (SSSR count). The molecule has 5 aromatic rings. The highest BCUT2D eigenvalue weighted by Gasteiger charge is 2.23. The topological polar surface area (TPSA) is 82.2 Å². The van der Waals surface area contributed by atoms with Crippen LogP contribution in [0, 0.1) is 18.3 Å². The van der Waals surface area contributed by atoms with Gasteiger partial charge < -0.3 is 18.8 Å². The number of rotatable bonds is 4. The first-order chi connectivity index (χ1) is 20.6. The lowest BCUT2D eigenvalue weighted by atomic mass is 10.0. The molecule has 4 heterocycles. The Morgan fingerprint density at radius 3 is 2.74 bits per heavy atom. The molecule has 2 aromatic heterocycles. The maximum Gasteiger partial charge on any atom is 0.214 e. The van der Waals surface area contributed by atoms with Crippen molar-refractivity contribution < 1.29 is 14.2 Å². The van der Waals surface area contributed by atoms with E-state index in [-0.39, 0.29) is 6.10 Å². The van der Waals surface area contributed by atoms with Gasteiger partial charge in [-0.25, -0.2) is 9.97 Å². The maximum atomic E-state index is 9.45. The highest BCUT2D eigenvalue weighted by Crippen LogP contribution is 2.31. The molecule has 4 bridgehead atoms. The lowest BCUT2D eigenvalue weighted by molar-refractivity contribution is -0.0589. The van der Waals surface area contributed by atoms with Gasteiger partial charge in [0.2, 0.25) is 5.88 Å². The van der Waals surface area contributed by atoms with Crippen molar-refractivity contribution in [2.75, 3.05) is 13.2 Å². The molecule has 0 radical (unpaired) electrons. The third-order valence-corrected chi connectivity index (χ3v) is 8.16. The molecule has 210 valence electrons. The predicted octanol–water partition coefficient (Wildman–Crippen LogP) is 6.56. The molecule has 42 heavy (non-hydrogen) atoms. The van der Waals surface area contributed by atoms with Crippen molar-refractivity contribution >= 4 is 11.0 Å². The summed E-state index contributed by atoms with van der Waals surface area (Å²) in [5.41, 5.74) is 9.04. The van der Waals surface area contributed by atoms with E-state index in [1.165, 1.54) is 5.56 Å². The number of nitrogens with zero attached hydrogens (tertiary/aromatic N) is 4. The van der Waals surface area contributed by atoms with Crippen LogP contribution in [0.2, 0.25) is 0 Å². The lowest BCUT2D eigenvalue weighted by Gasteiger charge is -2.27. The molecule has 0 amide bonds. The predicted molar refractivity (Wildman–Crippen MR) is 161 cm³/mol. The minimum Gasteiger partial charge on any atom is -0.493 e. The van der Waals surface area contributed by atoms with Gasteiger partial charge in [0.1, 0.15) is 18.2 Å². The van der Waals surface area contributed by atoms with Crippen molar-refractivity contribution in [1.82, 2.24) is 14.5 Å². The van der Waals surface area contributed by atoms with Gasteiger partial charge in [-0.2, -0.15) is 5.26 Å². The zero-order chi connectivity index (χ0) is 28.5. The van der Waals surface area contributed by atoms with Gasteiger partial charge in [0.15, 0.2) is 0 Å². The van der Waals surface area contributed by atoms with E-state index in [1.54, 1.807) is 0 Å². The highest BCUT2D eigenvalue weighted by molar-refractivity contribution is 5.77. The number of fused-ring (bicyclic) bond motifs is 7. The van der Waals surface area contributed by atoms with Gasteiger partial charge in [-0.05, 0) is 79.3 Å². The first kappa shape index (κ1) is 26.2. The van der Waals surface area contributed by atoms with E-state index in [1.807, 2.05) is 36.4 Å². The Morgan fingerprint density at radius 1 is 0.952 bits per heavy atom. The summed E-state index contributed by atoms with van der Waals surface area (Å²) in [5, 5.41) is 9.45. The summed E-state index contributed by atoms with van der Waals surface area (Å²) in [4.78, 5) is 9.85. The van der Waals surface area contributed by atoms with Crippen molar-refractivity contribution in [3.05, 3.63) is 106 Å². The summed E-state index contributed by atoms with van der Waals surface area (Å²) in [5.74, 6) is 2.40. The lowest BCUT2D eigenvalue weighted by Crippen LogP contribution is -2.31. The number of pyridine rings is 1. The molecule has 7 heteroatoms. The molecule has 1 unspecified atom stereocenters. The van der Waals surface area contributed by atoms with E-state index >= 15 is 0 Å². The monoisotopic (exact) mass is 556 g/mol. The summed E-state index contributed by atoms with van der Waals surface area (Å²) in [6, 6.07) is 26.6. The van der Waals surface area contributed by atoms with Crippen LogP contribution in [0.4, 0.5) is 0 Å². The summed E-state index contributed by atoms with van der Waals surface area (Å²) in [6.07, 6.45) is 3.53. The number of hydrogen-bond acceptors (Lipinski definition) is 6. The van der Waals surface area contributed by atoms with Crippen LogP contribution in [0.15, 0.2) is 72.8 Å². The number of benzene rings is 3. The standard InChI is InChI=1S/C35H32N4O3/c1-23-7-12-31-32(16-23)39(21-29-13-15-40-29)34(37-31)19-27-11-10-26-18-33(27)41-14-3-4-25-17-24(20-36)8-9-28(25)22-42-35-6-2-5-30(26)38-35/h2,5-12,16-18,29H,3-4,13-15,19,21-22H2,1H3. The molecule has 0 aliphatic carbocycles. The van der Waals surface area contributed by atoms with Crippen LogP contribution in [0.3, 0.4) is 0 Å². The Balaban J connectivity index is 1.25. The highest BCUT2D eigenvalue weighted by atomic mass is 16.5. The Hall–Kier alpha value is -4.67. The molecule has 2 aliphatic heterocycles. The zero-order valence-corrected chi connectivity index (χ0v) is 23.7. The molecule has 0 N–H and O–H groups in total. The molecule has 0 spiro atoms. The van der Waals surface area contributed by atoms with Crippen LogP contribution in [0.25, 0.3) is 22.3 Å². The first-order valence-electron chi connectivity index (χ1n) is 14.6. The molecule has 1 saturated heterocycles. The fourth-order valence-electron chi connectivity index (χ4n) is 5.74. The molecular formula is C35H32N4O3. The fraction of sp³-hybridized carbons (Fsp3) is 0.286. The minimum absolute atomic E-state index is 0.225. The molecule has 7 nitrogen and oxygen atoms in total. The van der Waals surface area contributed by atoms with Gasteiger partial charge in [0.05, 0.1) is 47.6 Å². The van der Waals surface area contributed by atoms with Crippen molar-refractivity contribution in [3.63, 3.8) is 0 Å². The molecule has 3 aromatic carbocycles. The van der Waals surface area contributed by atoms with Crippen molar-refractivity contribution in [3.8, 4) is 29.0 Å². The normalized spacial score (nSPS) is 16.3. The number of nitriles is 1. The van der Waals surface area contributed by atoms with E-state index in [4.69, 9.17) is 24.2 Å². The second-order valence-electron chi connectivity index (χ2n) is 11.1. The van der Waals surface area contributed by atoms with Crippen LogP contribution in [-0.4, -0.2) is 33.9 Å². The van der Waals surface area contributed by atoms with Gasteiger partial charge in [-0.15, -0.1) is 0 Å². The van der Waals surface area contributed by atoms with Gasteiger partial charge in [0.25, 0.3) is 0 Å². The number of imidazole rings is 1. The minimum atomic E-state index is 0.225. The Labute approximate surface area is 245 Å². The van der Waals surface area contributed by atoms with E-state index in [0.29, 0.717) is 31.1 Å². The van der Waals surface area contributed by atoms with E-state index in [9.17, 15) is 5.26 Å². The number of aryl methyl sites for hydroxylation is 2. The first-order valence-corrected chi connectivity index (χ1v) is 14.6. The second-order valence-corrected chi connectivity index (χ2v) is 11.1. The summed E-state index contributed by atoms with van der Waals surface area (Å²) < 4.78 is 20.7. The van der Waals surface area contributed by atoms with Crippen LogP contribution in [0.5, 0.6) is 11.6 Å². The van der Waals surface area contributed by atoms with Crippen LogP contribution in [0.1, 0.15) is 46.5 Å². The summed E-state index contributed by atoms with van der Waals surface area (Å²) in [7, 11) is 0. The van der Waals surface area contributed by atoms with Gasteiger partial charge in [0, 0.05) is 30.2 Å². The van der Waals surface area contributed by atoms with Crippen LogP contribution >= 0.6 is 0 Å². The van der Waals surface area contributed by atoms with Crippen molar-refractivity contribution in [1.29, 1.82) is 5.26 Å². The summed E-state index contributed by atoms with van der Waals surface area (Å²) >= 11 is 0. The third kappa shape index (κ3) is 5.34. The van der Waals surface area contributed by atoms with Crippen molar-refractivity contribution in [2.45, 2.75) is 51.9 Å². The van der Waals surface area contributed by atoms with Gasteiger partial charge in [-0.3, -0.25) is 0 Å². The van der Waals surface area contributed by atoms with Gasteiger partial charge in [-0.1, -0.05) is 30.3 Å². The molecule has 1 fully saturated rings. The SMILES string of the molecule is Cc1ccc2nc(Cc3ccc4cc3OCCCc3cc(C#N)ccc3COc3cccc-4n3)n(CC3CCO3)c2c1. The number of ether oxygens (including phenoxy) is 3. The third-order valence-electron chi connectivity index (χ3n) is 8.16. The molecule has 1 atom stereocenters. The zero-order valence-electron chi connectivity index (χ0n) is 23.7. The largest absolute Gasteiger partial charge is 0.493 e. The maximum absolute atomic E-state index is 9.45. The Morgan fingerprint density at radius 2 is 1.88 bits per heavy atom. The average Bonchev–Trinajstić information content (AvgIpc) is 3.32. The summed E-state index contributed by atoms with van der Waals surface area (Å²) in [6.45, 7) is 4.69. The Bertz CT molecular complexity index is 1820. The van der Waals surface area contributed by atoms with E-state index in [2.05, 4.69) is 54.0 Å². The van der Waals surface area contributed by atoms with E-state index < -0.39 is 0 Å². The fourth-order valence-corrected chi connectivity index (χ4v) is 5.74. The van der Waals surface area contributed by atoms with Crippen LogP contribution < -0.4 is 9.47 Å². The second kappa shape index (κ2) is 11.3. The van der Waals surface area contributed by atoms with Crippen molar-refractivity contribution in [2.24, 2.45) is 0 Å². The number of hydrogen-bond donors (Lipinski definition) is 0. The molecule has 2 aliphatic rings. The quantitative estimate of drug-likeness (QED) is 0.249. The molecule has 0 saturated carbocycles. The Kier molecular flexibility index (Phi) is 7.06. The average molecular weight is 557 g/mol. The number of aromatic nitrogens is 3. The van der Waals surface area contributed by atoms with Gasteiger partial charge >= 0.3 is 0 Å². The van der Waals surface area contributed by atoms with E-state index in [0.717, 1.165) is 83.0 Å².